The summed E-state index contributed by atoms with van der Waals surface area (Å²) in [6.45, 7) is 1.06. The first-order valence-electron chi connectivity index (χ1n) is 11.2. The highest BCUT2D eigenvalue weighted by atomic mass is 32.2. The van der Waals surface area contributed by atoms with E-state index in [2.05, 4.69) is 0 Å². The van der Waals surface area contributed by atoms with Crippen LogP contribution in [0, 0.1) is 23.4 Å². The van der Waals surface area contributed by atoms with E-state index < -0.39 is 45.3 Å². The highest BCUT2D eigenvalue weighted by molar-refractivity contribution is 7.89. The summed E-state index contributed by atoms with van der Waals surface area (Å²) in [6, 6.07) is 4.28. The quantitative estimate of drug-likeness (QED) is 0.597. The van der Waals surface area contributed by atoms with Gasteiger partial charge in [-0.25, -0.2) is 31.1 Å². The Hall–Kier alpha value is -2.73. The normalized spacial score (nSPS) is 25.5. The molecule has 0 spiro atoms. The molecule has 1 aliphatic carbocycles. The van der Waals surface area contributed by atoms with Gasteiger partial charge in [-0.1, -0.05) is 18.2 Å². The van der Waals surface area contributed by atoms with Crippen LogP contribution in [0.2, 0.25) is 0 Å². The molecule has 188 valence electrons. The van der Waals surface area contributed by atoms with E-state index >= 15 is 4.39 Å². The zero-order chi connectivity index (χ0) is 25.1. The summed E-state index contributed by atoms with van der Waals surface area (Å²) in [5.41, 5.74) is -0.0323. The summed E-state index contributed by atoms with van der Waals surface area (Å²) in [5, 5.41) is 0. The van der Waals surface area contributed by atoms with Crippen LogP contribution in [0.3, 0.4) is 0 Å². The van der Waals surface area contributed by atoms with Gasteiger partial charge in [0.25, 0.3) is 10.0 Å². The second kappa shape index (κ2) is 8.74. The Kier molecular flexibility index (Phi) is 5.99. The maximum Gasteiger partial charge on any atom is 0.350 e. The number of amides is 2. The van der Waals surface area contributed by atoms with Gasteiger partial charge in [-0.05, 0) is 48.4 Å². The molecular formula is C23H22F5N3O3S. The number of nitrogens with one attached hydrogen (secondary N) is 1. The van der Waals surface area contributed by atoms with Gasteiger partial charge in [0.05, 0.1) is 6.04 Å². The van der Waals surface area contributed by atoms with Crippen molar-refractivity contribution in [1.82, 2.24) is 14.5 Å². The number of urea groups is 1. The molecule has 1 saturated carbocycles. The molecule has 2 saturated heterocycles. The summed E-state index contributed by atoms with van der Waals surface area (Å²) < 4.78 is 95.2. The molecule has 3 aliphatic rings. The number of hydrogen-bond donors (Lipinski definition) is 1. The maximum absolute atomic E-state index is 15.5. The van der Waals surface area contributed by atoms with Crippen LogP contribution in [0.1, 0.15) is 18.4 Å². The Morgan fingerprint density at radius 3 is 2.37 bits per heavy atom. The third kappa shape index (κ3) is 4.37. The number of carbonyl (C=O) groups excluding carboxylic acids is 1. The molecule has 2 aromatic carbocycles. The van der Waals surface area contributed by atoms with E-state index in [1.807, 2.05) is 4.72 Å². The minimum atomic E-state index is -4.96. The summed E-state index contributed by atoms with van der Waals surface area (Å²) in [7, 11) is -4.96. The highest BCUT2D eigenvalue weighted by Gasteiger charge is 2.62. The monoisotopic (exact) mass is 515 g/mol. The van der Waals surface area contributed by atoms with Crippen LogP contribution in [0.15, 0.2) is 36.4 Å². The number of nitrogens with zero attached hydrogens (tertiary/aromatic N) is 2. The van der Waals surface area contributed by atoms with Gasteiger partial charge in [0.2, 0.25) is 0 Å². The Bertz CT molecular complexity index is 1250. The number of halogens is 5. The molecule has 1 N–H and O–H groups in total. The predicted molar refractivity (Wildman–Crippen MR) is 116 cm³/mol. The molecule has 0 bridgehead atoms. The summed E-state index contributed by atoms with van der Waals surface area (Å²) in [5.74, 6) is -6.56. The Morgan fingerprint density at radius 1 is 1.09 bits per heavy atom. The van der Waals surface area contributed by atoms with Gasteiger partial charge in [0.1, 0.15) is 17.5 Å². The van der Waals surface area contributed by atoms with Crippen molar-refractivity contribution in [2.24, 2.45) is 5.92 Å². The van der Waals surface area contributed by atoms with Crippen LogP contribution >= 0.6 is 0 Å². The molecule has 12 heteroatoms. The fourth-order valence-electron chi connectivity index (χ4n) is 5.09. The molecule has 0 unspecified atom stereocenters. The average Bonchev–Trinajstić information content (AvgIpc) is 3.45. The van der Waals surface area contributed by atoms with Crippen LogP contribution in [0.4, 0.5) is 26.7 Å². The lowest BCUT2D eigenvalue weighted by molar-refractivity contribution is 0.111. The lowest BCUT2D eigenvalue weighted by Crippen LogP contribution is -2.57. The topological polar surface area (TPSA) is 69.7 Å². The van der Waals surface area contributed by atoms with Gasteiger partial charge in [0.15, 0.2) is 0 Å². The highest BCUT2D eigenvalue weighted by Crippen LogP contribution is 2.50. The predicted octanol–water partition coefficient (Wildman–Crippen LogP) is 3.72. The van der Waals surface area contributed by atoms with Crippen LogP contribution in [0.5, 0.6) is 0 Å². The molecule has 4 atom stereocenters. The molecule has 2 aliphatic heterocycles. The molecule has 3 fully saturated rings. The molecule has 6 nitrogen and oxygen atoms in total. The second-order valence-electron chi connectivity index (χ2n) is 9.15. The van der Waals surface area contributed by atoms with Crippen LogP contribution < -0.4 is 4.72 Å². The lowest BCUT2D eigenvalue weighted by Gasteiger charge is -2.39. The van der Waals surface area contributed by atoms with Crippen molar-refractivity contribution < 1.29 is 35.2 Å². The molecule has 0 aromatic heterocycles. The maximum atomic E-state index is 15.5. The van der Waals surface area contributed by atoms with Gasteiger partial charge < -0.3 is 9.80 Å². The SMILES string of the molecule is O=C(N1CCC1)N1[C@H]2C[C@H]2[C@H](NS(=O)(=O)C(F)F)[C@@H]1Cc1cccc(-c2cc(F)cc(F)c2)c1F. The summed E-state index contributed by atoms with van der Waals surface area (Å²) in [4.78, 5) is 16.2. The van der Waals surface area contributed by atoms with Crippen molar-refractivity contribution >= 4 is 16.1 Å². The van der Waals surface area contributed by atoms with Crippen molar-refractivity contribution in [3.05, 3.63) is 59.4 Å². The zero-order valence-corrected chi connectivity index (χ0v) is 19.1. The molecule has 2 aromatic rings. The van der Waals surface area contributed by atoms with E-state index in [0.29, 0.717) is 25.6 Å². The van der Waals surface area contributed by atoms with E-state index in [-0.39, 0.29) is 41.1 Å². The molecule has 2 heterocycles. The summed E-state index contributed by atoms with van der Waals surface area (Å²) >= 11 is 0. The van der Waals surface area contributed by atoms with Gasteiger partial charge in [-0.15, -0.1) is 0 Å². The number of benzene rings is 2. The Balaban J connectivity index is 1.49. The minimum absolute atomic E-state index is 0.0282. The molecular weight excluding hydrogens is 493 g/mol. The Labute approximate surface area is 198 Å². The third-order valence-electron chi connectivity index (χ3n) is 6.96. The van der Waals surface area contributed by atoms with E-state index in [4.69, 9.17) is 0 Å². The fourth-order valence-corrected chi connectivity index (χ4v) is 5.91. The third-order valence-corrected chi connectivity index (χ3v) is 8.03. The lowest BCUT2D eigenvalue weighted by atomic mass is 9.94. The number of sulfonamides is 1. The molecule has 0 radical (unpaired) electrons. The van der Waals surface area contributed by atoms with Crippen molar-refractivity contribution in [3.63, 3.8) is 0 Å². The number of alkyl halides is 2. The van der Waals surface area contributed by atoms with Gasteiger partial charge in [-0.3, -0.25) is 0 Å². The van der Waals surface area contributed by atoms with Crippen molar-refractivity contribution in [3.8, 4) is 11.1 Å². The van der Waals surface area contributed by atoms with E-state index in [1.165, 1.54) is 23.1 Å². The van der Waals surface area contributed by atoms with E-state index in [0.717, 1.165) is 18.6 Å². The number of piperidine rings is 1. The number of rotatable bonds is 6. The fraction of sp³-hybridized carbons (Fsp3) is 0.435. The van der Waals surface area contributed by atoms with Crippen molar-refractivity contribution in [1.29, 1.82) is 0 Å². The number of fused-ring (bicyclic) bond motifs is 1. The average molecular weight is 516 g/mol. The van der Waals surface area contributed by atoms with Crippen LogP contribution in [-0.4, -0.2) is 61.2 Å². The van der Waals surface area contributed by atoms with Crippen LogP contribution in [-0.2, 0) is 16.4 Å². The van der Waals surface area contributed by atoms with Gasteiger partial charge >= 0.3 is 11.8 Å². The van der Waals surface area contributed by atoms with Gasteiger partial charge in [-0.2, -0.15) is 8.78 Å². The zero-order valence-electron chi connectivity index (χ0n) is 18.3. The van der Waals surface area contributed by atoms with Gasteiger partial charge in [0, 0.05) is 36.8 Å². The first-order chi connectivity index (χ1) is 16.6. The van der Waals surface area contributed by atoms with E-state index in [1.54, 1.807) is 4.90 Å². The minimum Gasteiger partial charge on any atom is -0.325 e. The second-order valence-corrected chi connectivity index (χ2v) is 10.8. The molecule has 2 amide bonds. The van der Waals surface area contributed by atoms with E-state index in [9.17, 15) is 30.8 Å². The standard InChI is InChI=1S/C23H22F5N3O3S/c24-14-7-13(8-15(25)10-14)16-4-1-3-12(20(16)26)9-19-21(29-35(33,34)22(27)28)17-11-18(17)31(19)23(32)30-5-2-6-30/h1,3-4,7-8,10,17-19,21-22,29H,2,5-6,9,11H2/t17-,18+,19+,21+/m1/s1. The summed E-state index contributed by atoms with van der Waals surface area (Å²) in [6.07, 6.45) is 1.11. The Morgan fingerprint density at radius 2 is 1.77 bits per heavy atom. The molecule has 5 rings (SSSR count). The number of hydrogen-bond acceptors (Lipinski definition) is 3. The first kappa shape index (κ1) is 24.0. The smallest absolute Gasteiger partial charge is 0.325 e. The van der Waals surface area contributed by atoms with Crippen molar-refractivity contribution in [2.45, 2.75) is 43.1 Å². The largest absolute Gasteiger partial charge is 0.350 e. The van der Waals surface area contributed by atoms with Crippen molar-refractivity contribution in [2.75, 3.05) is 13.1 Å². The first-order valence-corrected chi connectivity index (χ1v) is 12.7. The number of carbonyl (C=O) groups is 1. The van der Waals surface area contributed by atoms with Crippen LogP contribution in [0.25, 0.3) is 11.1 Å². The number of likely N-dealkylation sites (tertiary alicyclic amines) is 2. The molecule has 35 heavy (non-hydrogen) atoms.